The minimum absolute atomic E-state index is 0.149. The molecule has 170 valence electrons. The largest absolute Gasteiger partial charge is 0.459 e. The maximum Gasteiger partial charge on any atom is 0.331 e. The van der Waals surface area contributed by atoms with E-state index in [4.69, 9.17) is 4.74 Å². The quantitative estimate of drug-likeness (QED) is 0.412. The third-order valence-electron chi connectivity index (χ3n) is 7.03. The number of hydrogen-bond acceptors (Lipinski definition) is 4. The van der Waals surface area contributed by atoms with Crippen LogP contribution in [0.5, 0.6) is 0 Å². The molecule has 0 aliphatic heterocycles. The molecule has 1 heterocycles. The molecule has 0 spiro atoms. The number of aliphatic hydroxyl groups excluding tert-OH is 1. The van der Waals surface area contributed by atoms with Crippen molar-refractivity contribution in [3.63, 3.8) is 0 Å². The number of ether oxygens (including phenoxy) is 1. The summed E-state index contributed by atoms with van der Waals surface area (Å²) in [6, 6.07) is 0. The van der Waals surface area contributed by atoms with Crippen molar-refractivity contribution >= 4 is 12.0 Å². The second kappa shape index (κ2) is 10.9. The number of aryl methyl sites for hydroxylation is 1. The van der Waals surface area contributed by atoms with Gasteiger partial charge in [-0.3, -0.25) is 0 Å². The van der Waals surface area contributed by atoms with Crippen molar-refractivity contribution in [3.8, 4) is 0 Å². The van der Waals surface area contributed by atoms with Gasteiger partial charge < -0.3 is 14.4 Å². The van der Waals surface area contributed by atoms with Crippen LogP contribution in [0.2, 0.25) is 0 Å². The predicted molar refractivity (Wildman–Crippen MR) is 124 cm³/mol. The van der Waals surface area contributed by atoms with Gasteiger partial charge in [0.25, 0.3) is 0 Å². The number of allylic oxidation sites excluding steroid dienone is 3. The van der Waals surface area contributed by atoms with E-state index in [-0.39, 0.29) is 18.7 Å². The van der Waals surface area contributed by atoms with E-state index in [1.54, 1.807) is 12.4 Å². The zero-order valence-electron chi connectivity index (χ0n) is 19.4. The summed E-state index contributed by atoms with van der Waals surface area (Å²) in [7, 11) is 1.90. The van der Waals surface area contributed by atoms with E-state index >= 15 is 0 Å². The minimum Gasteiger partial charge on any atom is -0.459 e. The molecule has 2 aliphatic rings. The molecule has 5 unspecified atom stereocenters. The molecule has 1 aromatic heterocycles. The second-order valence-corrected chi connectivity index (χ2v) is 9.68. The highest BCUT2D eigenvalue weighted by molar-refractivity contribution is 5.86. The van der Waals surface area contributed by atoms with Gasteiger partial charge in [-0.15, -0.1) is 0 Å². The Kier molecular flexibility index (Phi) is 8.30. The lowest BCUT2D eigenvalue weighted by molar-refractivity contribution is -0.143. The fourth-order valence-corrected chi connectivity index (χ4v) is 5.27. The third-order valence-corrected chi connectivity index (χ3v) is 7.03. The Bertz CT molecular complexity index is 820. The fourth-order valence-electron chi connectivity index (χ4n) is 5.27. The Labute approximate surface area is 186 Å². The fraction of sp³-hybridized carbons (Fsp3) is 0.615. The molecule has 0 amide bonds. The maximum atomic E-state index is 12.5. The number of esters is 1. The Hall–Kier alpha value is -2.14. The molecule has 0 saturated carbocycles. The molecular formula is C26H38N2O3. The van der Waals surface area contributed by atoms with E-state index in [9.17, 15) is 9.90 Å². The number of nitrogens with zero attached hydrogens (tertiary/aromatic N) is 2. The highest BCUT2D eigenvalue weighted by Gasteiger charge is 2.38. The van der Waals surface area contributed by atoms with E-state index in [0.717, 1.165) is 31.4 Å². The van der Waals surface area contributed by atoms with Gasteiger partial charge in [0.05, 0.1) is 12.0 Å². The molecule has 0 radical (unpaired) electrons. The molecule has 5 nitrogen and oxygen atoms in total. The molecule has 0 bridgehead atoms. The molecule has 0 aromatic carbocycles. The maximum absolute atomic E-state index is 12.5. The number of carbonyl (C=O) groups excluding carboxylic acids is 1. The van der Waals surface area contributed by atoms with Gasteiger partial charge in [0, 0.05) is 32.3 Å². The van der Waals surface area contributed by atoms with Gasteiger partial charge in [-0.1, -0.05) is 37.6 Å². The first kappa shape index (κ1) is 23.5. The minimum atomic E-state index is -0.316. The molecule has 5 heteroatoms. The van der Waals surface area contributed by atoms with E-state index in [1.807, 2.05) is 17.8 Å². The van der Waals surface area contributed by atoms with Gasteiger partial charge >= 0.3 is 5.97 Å². The van der Waals surface area contributed by atoms with Gasteiger partial charge in [0.15, 0.2) is 0 Å². The number of hydrogen-bond donors (Lipinski definition) is 1. The second-order valence-electron chi connectivity index (χ2n) is 9.68. The Morgan fingerprint density at radius 2 is 2.06 bits per heavy atom. The van der Waals surface area contributed by atoms with Gasteiger partial charge in [-0.25, -0.2) is 9.78 Å². The molecule has 0 saturated heterocycles. The summed E-state index contributed by atoms with van der Waals surface area (Å²) in [6.07, 6.45) is 17.8. The van der Waals surface area contributed by atoms with E-state index < -0.39 is 0 Å². The highest BCUT2D eigenvalue weighted by Crippen LogP contribution is 2.45. The standard InChI is InChI=1S/C26H38N2O3/c1-18(2)23-11-9-19(3)24-14-22(8-6-5-7-20(16-29)13-25(23)24)31-26(30)12-10-21-15-28(4)17-27-21/h5-6,9-10,12,15,17-18,20,22-25,29H,7-8,11,13-14,16H2,1-4H3/b6-5-,12-10?. The van der Waals surface area contributed by atoms with Crippen LogP contribution in [-0.2, 0) is 16.6 Å². The van der Waals surface area contributed by atoms with Crippen molar-refractivity contribution in [2.75, 3.05) is 6.61 Å². The Morgan fingerprint density at radius 1 is 1.29 bits per heavy atom. The van der Waals surface area contributed by atoms with Crippen molar-refractivity contribution in [3.05, 3.63) is 48.1 Å². The molecule has 1 aromatic rings. The normalized spacial score (nSPS) is 30.6. The van der Waals surface area contributed by atoms with Crippen molar-refractivity contribution in [2.45, 2.75) is 59.0 Å². The zero-order valence-corrected chi connectivity index (χ0v) is 19.4. The summed E-state index contributed by atoms with van der Waals surface area (Å²) >= 11 is 0. The monoisotopic (exact) mass is 426 g/mol. The van der Waals surface area contributed by atoms with Crippen LogP contribution in [0, 0.1) is 29.6 Å². The molecule has 2 aliphatic carbocycles. The van der Waals surface area contributed by atoms with Gasteiger partial charge in [-0.05, 0) is 68.3 Å². The summed E-state index contributed by atoms with van der Waals surface area (Å²) < 4.78 is 7.76. The van der Waals surface area contributed by atoms with Crippen molar-refractivity contribution in [1.29, 1.82) is 0 Å². The van der Waals surface area contributed by atoms with Gasteiger partial charge in [0.2, 0.25) is 0 Å². The van der Waals surface area contributed by atoms with Crippen LogP contribution >= 0.6 is 0 Å². The van der Waals surface area contributed by atoms with Crippen LogP contribution < -0.4 is 0 Å². The first-order chi connectivity index (χ1) is 14.9. The van der Waals surface area contributed by atoms with E-state index in [1.165, 1.54) is 11.6 Å². The van der Waals surface area contributed by atoms with Crippen LogP contribution in [0.15, 0.2) is 42.4 Å². The number of aromatic nitrogens is 2. The molecule has 1 N–H and O–H groups in total. The van der Waals surface area contributed by atoms with Crippen LogP contribution in [0.4, 0.5) is 0 Å². The number of imidazole rings is 1. The summed E-state index contributed by atoms with van der Waals surface area (Å²) in [5, 5.41) is 9.94. The van der Waals surface area contributed by atoms with Crippen LogP contribution in [-0.4, -0.2) is 33.3 Å². The van der Waals surface area contributed by atoms with Gasteiger partial charge in [0.1, 0.15) is 6.10 Å². The smallest absolute Gasteiger partial charge is 0.331 e. The third kappa shape index (κ3) is 6.42. The van der Waals surface area contributed by atoms with Crippen LogP contribution in [0.3, 0.4) is 0 Å². The SMILES string of the molecule is CC1=CCC(C(C)C)C2CC(CO)C/C=C\CC(OC(=O)C=Cc3cn(C)cn3)CC12. The number of carbonyl (C=O) groups is 1. The summed E-state index contributed by atoms with van der Waals surface area (Å²) in [6.45, 7) is 7.08. The lowest BCUT2D eigenvalue weighted by Gasteiger charge is -2.42. The number of fused-ring (bicyclic) bond motifs is 1. The van der Waals surface area contributed by atoms with Crippen molar-refractivity contribution in [1.82, 2.24) is 9.55 Å². The average molecular weight is 427 g/mol. The predicted octanol–water partition coefficient (Wildman–Crippen LogP) is 4.94. The van der Waals surface area contributed by atoms with E-state index in [2.05, 4.69) is 44.0 Å². The highest BCUT2D eigenvalue weighted by atomic mass is 16.5. The lowest BCUT2D eigenvalue weighted by atomic mass is 9.63. The molecule has 0 fully saturated rings. The average Bonchev–Trinajstić information content (AvgIpc) is 3.15. The molecule has 3 rings (SSSR count). The van der Waals surface area contributed by atoms with Crippen LogP contribution in [0.25, 0.3) is 6.08 Å². The lowest BCUT2D eigenvalue weighted by Crippen LogP contribution is -2.36. The zero-order chi connectivity index (χ0) is 22.4. The first-order valence-corrected chi connectivity index (χ1v) is 11.7. The molecular weight excluding hydrogens is 388 g/mol. The van der Waals surface area contributed by atoms with Crippen molar-refractivity contribution < 1.29 is 14.6 Å². The summed E-state index contributed by atoms with van der Waals surface area (Å²) in [5.74, 6) is 2.08. The topological polar surface area (TPSA) is 64.3 Å². The summed E-state index contributed by atoms with van der Waals surface area (Å²) in [5.41, 5.74) is 2.15. The Balaban J connectivity index is 1.77. The number of aliphatic hydroxyl groups is 1. The van der Waals surface area contributed by atoms with Crippen molar-refractivity contribution in [2.24, 2.45) is 36.6 Å². The van der Waals surface area contributed by atoms with Crippen LogP contribution in [0.1, 0.15) is 58.6 Å². The van der Waals surface area contributed by atoms with E-state index in [0.29, 0.717) is 36.0 Å². The van der Waals surface area contributed by atoms with Gasteiger partial charge in [-0.2, -0.15) is 0 Å². The number of rotatable bonds is 5. The first-order valence-electron chi connectivity index (χ1n) is 11.7. The summed E-state index contributed by atoms with van der Waals surface area (Å²) in [4.78, 5) is 16.8. The molecule has 5 atom stereocenters. The Morgan fingerprint density at radius 3 is 2.74 bits per heavy atom. The molecule has 31 heavy (non-hydrogen) atoms.